The van der Waals surface area contributed by atoms with Gasteiger partial charge in [0.1, 0.15) is 5.69 Å². The van der Waals surface area contributed by atoms with Crippen LogP contribution in [0.3, 0.4) is 0 Å². The number of nitriles is 1. The largest absolute Gasteiger partial charge is 0.378 e. The number of nitro groups is 1. The third kappa shape index (κ3) is 3.42. The number of nitrogens with zero attached hydrogens (tertiary/aromatic N) is 2. The molecule has 0 spiro atoms. The molecule has 1 aromatic rings. The topological polar surface area (TPSA) is 91.0 Å². The molecule has 6 nitrogen and oxygen atoms in total. The van der Waals surface area contributed by atoms with Gasteiger partial charge >= 0.3 is 0 Å². The van der Waals surface area contributed by atoms with Crippen molar-refractivity contribution >= 4 is 11.4 Å². The summed E-state index contributed by atoms with van der Waals surface area (Å²) in [6.07, 6.45) is 3.43. The number of rotatable bonds is 4. The van der Waals surface area contributed by atoms with Crippen LogP contribution in [0, 0.1) is 21.4 Å². The van der Waals surface area contributed by atoms with E-state index >= 15 is 0 Å². The van der Waals surface area contributed by atoms with Gasteiger partial charge in [-0.25, -0.2) is 0 Å². The molecule has 1 aliphatic heterocycles. The maximum Gasteiger partial charge on any atom is 0.292 e. The molecule has 1 unspecified atom stereocenters. The van der Waals surface area contributed by atoms with E-state index in [2.05, 4.69) is 10.6 Å². The molecule has 100 valence electrons. The normalized spacial score (nSPS) is 18.6. The molecule has 2 rings (SSSR count). The Morgan fingerprint density at radius 3 is 3.00 bits per heavy atom. The smallest absolute Gasteiger partial charge is 0.292 e. The zero-order valence-corrected chi connectivity index (χ0v) is 10.6. The van der Waals surface area contributed by atoms with E-state index in [1.807, 2.05) is 6.07 Å². The number of piperidine rings is 1. The molecule has 0 radical (unpaired) electrons. The molecule has 0 amide bonds. The van der Waals surface area contributed by atoms with Crippen LogP contribution in [0.15, 0.2) is 18.2 Å². The molecular formula is C13H16N4O2. The summed E-state index contributed by atoms with van der Waals surface area (Å²) in [6, 6.07) is 6.69. The number of nitro benzene ring substituents is 1. The highest BCUT2D eigenvalue weighted by Crippen LogP contribution is 2.25. The first kappa shape index (κ1) is 13.3. The van der Waals surface area contributed by atoms with Crippen LogP contribution in [0.1, 0.15) is 24.8 Å². The molecule has 2 N–H and O–H groups in total. The summed E-state index contributed by atoms with van der Waals surface area (Å²) in [5, 5.41) is 26.2. The zero-order valence-electron chi connectivity index (χ0n) is 10.6. The highest BCUT2D eigenvalue weighted by Gasteiger charge is 2.17. The van der Waals surface area contributed by atoms with E-state index in [1.54, 1.807) is 0 Å². The van der Waals surface area contributed by atoms with Crippen LogP contribution in [0.2, 0.25) is 0 Å². The molecule has 1 atom stereocenters. The fraction of sp³-hybridized carbons (Fsp3) is 0.462. The lowest BCUT2D eigenvalue weighted by atomic mass is 10.0. The second-order valence-corrected chi connectivity index (χ2v) is 4.63. The monoisotopic (exact) mass is 260 g/mol. The fourth-order valence-corrected chi connectivity index (χ4v) is 2.24. The second-order valence-electron chi connectivity index (χ2n) is 4.63. The standard InChI is InChI=1S/C13H16N4O2/c14-8-10-4-5-13(17(18)19)12(7-10)16-9-11-3-1-2-6-15-11/h4-5,7,11,15-16H,1-3,6,9H2. The Labute approximate surface area is 111 Å². The number of hydrogen-bond donors (Lipinski definition) is 2. The summed E-state index contributed by atoms with van der Waals surface area (Å²) in [5.74, 6) is 0. The van der Waals surface area contributed by atoms with Gasteiger partial charge < -0.3 is 10.6 Å². The molecule has 0 saturated carbocycles. The molecule has 6 heteroatoms. The molecule has 1 heterocycles. The van der Waals surface area contributed by atoms with Crippen molar-refractivity contribution in [2.24, 2.45) is 0 Å². The van der Waals surface area contributed by atoms with Crippen LogP contribution in [0.5, 0.6) is 0 Å². The van der Waals surface area contributed by atoms with E-state index in [-0.39, 0.29) is 5.69 Å². The Morgan fingerprint density at radius 2 is 2.37 bits per heavy atom. The third-order valence-electron chi connectivity index (χ3n) is 3.27. The van der Waals surface area contributed by atoms with Crippen LogP contribution < -0.4 is 10.6 Å². The molecule has 0 aromatic heterocycles. The van der Waals surface area contributed by atoms with E-state index in [0.29, 0.717) is 23.8 Å². The lowest BCUT2D eigenvalue weighted by Crippen LogP contribution is -2.39. The summed E-state index contributed by atoms with van der Waals surface area (Å²) in [5.41, 5.74) is 0.843. The third-order valence-corrected chi connectivity index (χ3v) is 3.27. The van der Waals surface area contributed by atoms with Gasteiger partial charge in [-0.05, 0) is 31.5 Å². The van der Waals surface area contributed by atoms with E-state index < -0.39 is 4.92 Å². The van der Waals surface area contributed by atoms with Crippen molar-refractivity contribution in [3.63, 3.8) is 0 Å². The summed E-state index contributed by atoms with van der Waals surface area (Å²) < 4.78 is 0. The van der Waals surface area contributed by atoms with Gasteiger partial charge in [-0.2, -0.15) is 5.26 Å². The van der Waals surface area contributed by atoms with Crippen molar-refractivity contribution in [1.82, 2.24) is 5.32 Å². The van der Waals surface area contributed by atoms with E-state index in [4.69, 9.17) is 5.26 Å². The van der Waals surface area contributed by atoms with Gasteiger partial charge in [-0.1, -0.05) is 6.42 Å². The average molecular weight is 260 g/mol. The number of benzene rings is 1. The molecule has 1 fully saturated rings. The predicted octanol–water partition coefficient (Wildman–Crippen LogP) is 2.02. The molecule has 1 aliphatic rings. The first-order valence-electron chi connectivity index (χ1n) is 6.36. The lowest BCUT2D eigenvalue weighted by Gasteiger charge is -2.24. The Hall–Kier alpha value is -2.13. The minimum absolute atomic E-state index is 0.00908. The van der Waals surface area contributed by atoms with Gasteiger partial charge in [0.15, 0.2) is 0 Å². The summed E-state index contributed by atoms with van der Waals surface area (Å²) in [7, 11) is 0. The number of anilines is 1. The van der Waals surface area contributed by atoms with E-state index in [0.717, 1.165) is 13.0 Å². The highest BCUT2D eigenvalue weighted by atomic mass is 16.6. The van der Waals surface area contributed by atoms with Gasteiger partial charge in [0.2, 0.25) is 0 Å². The van der Waals surface area contributed by atoms with Crippen molar-refractivity contribution in [3.8, 4) is 6.07 Å². The van der Waals surface area contributed by atoms with E-state index in [9.17, 15) is 10.1 Å². The maximum atomic E-state index is 10.9. The molecule has 0 bridgehead atoms. The molecule has 19 heavy (non-hydrogen) atoms. The first-order valence-corrected chi connectivity index (χ1v) is 6.36. The SMILES string of the molecule is N#Cc1ccc([N+](=O)[O-])c(NCC2CCCCN2)c1. The van der Waals surface area contributed by atoms with Gasteiger partial charge in [-0.15, -0.1) is 0 Å². The van der Waals surface area contributed by atoms with Gasteiger partial charge in [0, 0.05) is 18.7 Å². The Morgan fingerprint density at radius 1 is 1.53 bits per heavy atom. The summed E-state index contributed by atoms with van der Waals surface area (Å²) in [6.45, 7) is 1.63. The van der Waals surface area contributed by atoms with Gasteiger partial charge in [0.25, 0.3) is 5.69 Å². The molecule has 0 aliphatic carbocycles. The number of hydrogen-bond acceptors (Lipinski definition) is 5. The quantitative estimate of drug-likeness (QED) is 0.638. The Kier molecular flexibility index (Phi) is 4.31. The van der Waals surface area contributed by atoms with Crippen LogP contribution in [-0.2, 0) is 0 Å². The van der Waals surface area contributed by atoms with Crippen molar-refractivity contribution in [2.75, 3.05) is 18.4 Å². The van der Waals surface area contributed by atoms with Crippen LogP contribution in [-0.4, -0.2) is 24.1 Å². The lowest BCUT2D eigenvalue weighted by molar-refractivity contribution is -0.384. The Bertz CT molecular complexity index is 504. The second kappa shape index (κ2) is 6.16. The molecule has 1 aromatic carbocycles. The van der Waals surface area contributed by atoms with Crippen molar-refractivity contribution in [3.05, 3.63) is 33.9 Å². The van der Waals surface area contributed by atoms with E-state index in [1.165, 1.54) is 31.0 Å². The van der Waals surface area contributed by atoms with Crippen molar-refractivity contribution in [2.45, 2.75) is 25.3 Å². The van der Waals surface area contributed by atoms with Crippen LogP contribution in [0.25, 0.3) is 0 Å². The predicted molar refractivity (Wildman–Crippen MR) is 71.9 cm³/mol. The van der Waals surface area contributed by atoms with Gasteiger partial charge in [-0.3, -0.25) is 10.1 Å². The summed E-state index contributed by atoms with van der Waals surface area (Å²) in [4.78, 5) is 10.5. The van der Waals surface area contributed by atoms with Crippen molar-refractivity contribution < 1.29 is 4.92 Å². The highest BCUT2D eigenvalue weighted by molar-refractivity contribution is 5.64. The van der Waals surface area contributed by atoms with Gasteiger partial charge in [0.05, 0.1) is 16.6 Å². The van der Waals surface area contributed by atoms with Crippen LogP contribution >= 0.6 is 0 Å². The fourth-order valence-electron chi connectivity index (χ4n) is 2.24. The van der Waals surface area contributed by atoms with Crippen molar-refractivity contribution in [1.29, 1.82) is 5.26 Å². The zero-order chi connectivity index (χ0) is 13.7. The summed E-state index contributed by atoms with van der Waals surface area (Å²) >= 11 is 0. The minimum Gasteiger partial charge on any atom is -0.378 e. The number of nitrogens with one attached hydrogen (secondary N) is 2. The molecule has 1 saturated heterocycles. The molecular weight excluding hydrogens is 244 g/mol. The average Bonchev–Trinajstić information content (AvgIpc) is 2.45. The minimum atomic E-state index is -0.433. The first-order chi connectivity index (χ1) is 9.20. The maximum absolute atomic E-state index is 10.9. The van der Waals surface area contributed by atoms with Crippen LogP contribution in [0.4, 0.5) is 11.4 Å². The Balaban J connectivity index is 2.08.